The van der Waals surface area contributed by atoms with Gasteiger partial charge < -0.3 is 10.3 Å². The third kappa shape index (κ3) is 2.67. The molecule has 10 heteroatoms. The topological polar surface area (TPSA) is 137 Å². The van der Waals surface area contributed by atoms with E-state index in [9.17, 15) is 14.9 Å². The summed E-state index contributed by atoms with van der Waals surface area (Å²) in [6, 6.07) is 1.93. The lowest BCUT2D eigenvalue weighted by Gasteiger charge is -2.06. The van der Waals surface area contributed by atoms with Crippen LogP contribution in [0.3, 0.4) is 0 Å². The van der Waals surface area contributed by atoms with Gasteiger partial charge in [0.2, 0.25) is 0 Å². The first-order chi connectivity index (χ1) is 9.38. The van der Waals surface area contributed by atoms with Gasteiger partial charge in [0, 0.05) is 12.1 Å². The van der Waals surface area contributed by atoms with Crippen LogP contribution in [0.25, 0.3) is 0 Å². The molecule has 9 nitrogen and oxygen atoms in total. The number of halogens is 1. The van der Waals surface area contributed by atoms with Gasteiger partial charge in [-0.25, -0.2) is 0 Å². The van der Waals surface area contributed by atoms with Crippen molar-refractivity contribution in [3.63, 3.8) is 0 Å². The summed E-state index contributed by atoms with van der Waals surface area (Å²) in [4.78, 5) is 25.8. The minimum Gasteiger partial charge on any atom is -0.397 e. The van der Waals surface area contributed by atoms with Crippen molar-refractivity contribution in [1.29, 1.82) is 0 Å². The number of nitro groups is 1. The molecule has 0 aliphatic carbocycles. The molecule has 1 heterocycles. The second-order valence-electron chi connectivity index (χ2n) is 3.75. The fraction of sp³-hybridized carbons (Fsp3) is 0.100. The highest BCUT2D eigenvalue weighted by Gasteiger charge is 2.20. The van der Waals surface area contributed by atoms with E-state index >= 15 is 0 Å². The average Bonchev–Trinajstić information content (AvgIpc) is 2.77. The molecule has 0 unspecified atom stereocenters. The molecule has 0 spiro atoms. The van der Waals surface area contributed by atoms with Crippen LogP contribution in [0.15, 0.2) is 16.7 Å². The molecule has 0 fully saturated rings. The molecule has 0 atom stereocenters. The Kier molecular flexibility index (Phi) is 3.53. The number of nitrogen functional groups attached to an aromatic ring is 1. The number of hydrogen-bond donors (Lipinski definition) is 2. The summed E-state index contributed by atoms with van der Waals surface area (Å²) in [5.41, 5.74) is 5.05. The predicted octanol–water partition coefficient (Wildman–Crippen LogP) is 1.77. The van der Waals surface area contributed by atoms with E-state index in [0.29, 0.717) is 5.82 Å². The quantitative estimate of drug-likeness (QED) is 0.500. The summed E-state index contributed by atoms with van der Waals surface area (Å²) < 4.78 is 4.70. The standard InChI is InChI=1S/C10H8ClN5O4/c1-4-13-10(20-15-4)14-9(17)6-2-5(16(18)19)3-7(11)8(6)12/h2-3H,12H2,1H3,(H,13,14,15,17). The summed E-state index contributed by atoms with van der Waals surface area (Å²) in [7, 11) is 0. The number of rotatable bonds is 3. The van der Waals surface area contributed by atoms with Gasteiger partial charge in [-0.15, -0.1) is 0 Å². The molecule has 2 aromatic rings. The van der Waals surface area contributed by atoms with E-state index < -0.39 is 10.8 Å². The fourth-order valence-electron chi connectivity index (χ4n) is 1.41. The fourth-order valence-corrected chi connectivity index (χ4v) is 1.62. The minimum atomic E-state index is -0.739. The van der Waals surface area contributed by atoms with Gasteiger partial charge in [-0.2, -0.15) is 4.98 Å². The molecule has 0 radical (unpaired) electrons. The van der Waals surface area contributed by atoms with E-state index in [1.165, 1.54) is 0 Å². The zero-order chi connectivity index (χ0) is 14.9. The van der Waals surface area contributed by atoms with Crippen LogP contribution in [0, 0.1) is 17.0 Å². The van der Waals surface area contributed by atoms with Crippen LogP contribution in [0.5, 0.6) is 0 Å². The van der Waals surface area contributed by atoms with Crippen LogP contribution in [0.2, 0.25) is 5.02 Å². The number of non-ortho nitro benzene ring substituents is 1. The van der Waals surface area contributed by atoms with Crippen molar-refractivity contribution in [2.75, 3.05) is 11.1 Å². The molecule has 0 saturated heterocycles. The second-order valence-corrected chi connectivity index (χ2v) is 4.15. The number of anilines is 2. The van der Waals surface area contributed by atoms with E-state index in [-0.39, 0.29) is 28.0 Å². The first-order valence-corrected chi connectivity index (χ1v) is 5.61. The van der Waals surface area contributed by atoms with Crippen LogP contribution >= 0.6 is 11.6 Å². The van der Waals surface area contributed by atoms with Crippen molar-refractivity contribution < 1.29 is 14.2 Å². The van der Waals surface area contributed by atoms with E-state index in [4.69, 9.17) is 21.9 Å². The summed E-state index contributed by atoms with van der Waals surface area (Å²) in [5, 5.41) is 16.4. The van der Waals surface area contributed by atoms with Crippen LogP contribution in [0.4, 0.5) is 17.4 Å². The molecule has 0 saturated carbocycles. The lowest BCUT2D eigenvalue weighted by molar-refractivity contribution is -0.384. The smallest absolute Gasteiger partial charge is 0.328 e. The maximum Gasteiger partial charge on any atom is 0.328 e. The molecular formula is C10H8ClN5O4. The Morgan fingerprint density at radius 3 is 2.80 bits per heavy atom. The third-order valence-corrected chi connectivity index (χ3v) is 2.63. The highest BCUT2D eigenvalue weighted by molar-refractivity contribution is 6.34. The van der Waals surface area contributed by atoms with Crippen molar-refractivity contribution in [3.8, 4) is 0 Å². The minimum absolute atomic E-state index is 0.0778. The lowest BCUT2D eigenvalue weighted by Crippen LogP contribution is -2.15. The number of nitrogens with zero attached hydrogens (tertiary/aromatic N) is 3. The first kappa shape index (κ1) is 13.7. The first-order valence-electron chi connectivity index (χ1n) is 5.23. The van der Waals surface area contributed by atoms with Crippen LogP contribution in [0.1, 0.15) is 16.2 Å². The Bertz CT molecular complexity index is 699. The Hall–Kier alpha value is -2.68. The van der Waals surface area contributed by atoms with Crippen LogP contribution in [-0.2, 0) is 0 Å². The van der Waals surface area contributed by atoms with E-state index in [0.717, 1.165) is 12.1 Å². The van der Waals surface area contributed by atoms with Crippen molar-refractivity contribution in [2.45, 2.75) is 6.92 Å². The summed E-state index contributed by atoms with van der Waals surface area (Å²) in [6.45, 7) is 1.57. The van der Waals surface area contributed by atoms with Gasteiger partial charge in [0.25, 0.3) is 11.6 Å². The number of amides is 1. The molecule has 3 N–H and O–H groups in total. The van der Waals surface area contributed by atoms with Gasteiger partial charge >= 0.3 is 6.01 Å². The number of aromatic nitrogens is 2. The van der Waals surface area contributed by atoms with E-state index in [1.807, 2.05) is 0 Å². The number of nitrogens with one attached hydrogen (secondary N) is 1. The van der Waals surface area contributed by atoms with Crippen LogP contribution < -0.4 is 11.1 Å². The second kappa shape index (κ2) is 5.13. The lowest BCUT2D eigenvalue weighted by atomic mass is 10.1. The molecule has 1 aromatic carbocycles. The molecule has 0 bridgehead atoms. The highest BCUT2D eigenvalue weighted by Crippen LogP contribution is 2.29. The molecule has 20 heavy (non-hydrogen) atoms. The van der Waals surface area contributed by atoms with Gasteiger partial charge in [-0.05, 0) is 6.92 Å². The largest absolute Gasteiger partial charge is 0.397 e. The molecule has 2 rings (SSSR count). The number of carbonyl (C=O) groups is 1. The van der Waals surface area contributed by atoms with Crippen molar-refractivity contribution in [2.24, 2.45) is 0 Å². The Labute approximate surface area is 116 Å². The zero-order valence-corrected chi connectivity index (χ0v) is 10.8. The molecule has 1 aromatic heterocycles. The summed E-state index contributed by atoms with van der Waals surface area (Å²) in [5.74, 6) is -0.415. The number of aryl methyl sites for hydroxylation is 1. The summed E-state index contributed by atoms with van der Waals surface area (Å²) in [6.07, 6.45) is 0. The molecule has 104 valence electrons. The van der Waals surface area contributed by atoms with Gasteiger partial charge in [-0.3, -0.25) is 20.2 Å². The Morgan fingerprint density at radius 2 is 2.25 bits per heavy atom. The molecular weight excluding hydrogens is 290 g/mol. The maximum absolute atomic E-state index is 12.0. The van der Waals surface area contributed by atoms with Crippen molar-refractivity contribution in [1.82, 2.24) is 10.1 Å². The van der Waals surface area contributed by atoms with Gasteiger partial charge in [-0.1, -0.05) is 16.8 Å². The van der Waals surface area contributed by atoms with Crippen molar-refractivity contribution in [3.05, 3.63) is 38.7 Å². The SMILES string of the molecule is Cc1noc(NC(=O)c2cc([N+](=O)[O-])cc(Cl)c2N)n1. The van der Waals surface area contributed by atoms with Crippen molar-refractivity contribution >= 4 is 34.9 Å². The van der Waals surface area contributed by atoms with Gasteiger partial charge in [0.1, 0.15) is 0 Å². The zero-order valence-electron chi connectivity index (χ0n) is 10.1. The number of nitrogens with two attached hydrogens (primary N) is 1. The average molecular weight is 298 g/mol. The highest BCUT2D eigenvalue weighted by atomic mass is 35.5. The number of benzene rings is 1. The maximum atomic E-state index is 12.0. The van der Waals surface area contributed by atoms with Gasteiger partial charge in [0.05, 0.1) is 21.2 Å². The van der Waals surface area contributed by atoms with E-state index in [1.54, 1.807) is 6.92 Å². The monoisotopic (exact) mass is 297 g/mol. The summed E-state index contributed by atoms with van der Waals surface area (Å²) >= 11 is 5.75. The number of hydrogen-bond acceptors (Lipinski definition) is 7. The normalized spacial score (nSPS) is 10.3. The molecule has 1 amide bonds. The van der Waals surface area contributed by atoms with E-state index in [2.05, 4.69) is 15.5 Å². The Balaban J connectivity index is 2.36. The number of nitro benzene ring substituents is 1. The third-order valence-electron chi connectivity index (χ3n) is 2.32. The predicted molar refractivity (Wildman–Crippen MR) is 69.5 cm³/mol. The molecule has 0 aliphatic rings. The van der Waals surface area contributed by atoms with Crippen LogP contribution in [-0.4, -0.2) is 21.0 Å². The Morgan fingerprint density at radius 1 is 1.55 bits per heavy atom. The molecule has 0 aliphatic heterocycles. The number of carbonyl (C=O) groups excluding carboxylic acids is 1. The van der Waals surface area contributed by atoms with Gasteiger partial charge in [0.15, 0.2) is 5.82 Å².